The molecule has 0 aromatic heterocycles. The number of phenolic OH excluding ortho intramolecular Hbond substituents is 1. The van der Waals surface area contributed by atoms with E-state index in [9.17, 15) is 9.90 Å². The number of unbranched alkanes of at least 4 members (excludes halogenated alkanes) is 9. The Morgan fingerprint density at radius 1 is 0.880 bits per heavy atom. The molecule has 0 fully saturated rings. The summed E-state index contributed by atoms with van der Waals surface area (Å²) >= 11 is 0. The maximum Gasteiger partial charge on any atom is 0.338 e. The number of hydrogen-bond donors (Lipinski definition) is 1. The number of esters is 1. The Labute approximate surface area is 153 Å². The lowest BCUT2D eigenvalue weighted by Gasteiger charge is -2.03. The van der Waals surface area contributed by atoms with Crippen molar-refractivity contribution in [1.29, 1.82) is 0 Å². The molecule has 0 amide bonds. The van der Waals surface area contributed by atoms with Crippen molar-refractivity contribution in [3.8, 4) is 5.75 Å². The molecule has 0 saturated heterocycles. The molecule has 1 N–H and O–H groups in total. The Morgan fingerprint density at radius 2 is 1.44 bits per heavy atom. The lowest BCUT2D eigenvalue weighted by molar-refractivity contribution is 0.0511. The molecule has 1 aromatic rings. The van der Waals surface area contributed by atoms with E-state index in [0.717, 1.165) is 12.8 Å². The van der Waals surface area contributed by atoms with Crippen molar-refractivity contribution >= 4 is 5.97 Å². The van der Waals surface area contributed by atoms with Crippen LogP contribution < -0.4 is 0 Å². The average Bonchev–Trinajstić information content (AvgIpc) is 2.62. The van der Waals surface area contributed by atoms with Gasteiger partial charge in [-0.3, -0.25) is 0 Å². The molecule has 0 radical (unpaired) electrons. The quantitative estimate of drug-likeness (QED) is 0.240. The molecule has 25 heavy (non-hydrogen) atoms. The van der Waals surface area contributed by atoms with Crippen molar-refractivity contribution in [1.82, 2.24) is 0 Å². The molecule has 0 unspecified atom stereocenters. The molecule has 140 valence electrons. The van der Waals surface area contributed by atoms with Gasteiger partial charge in [0.25, 0.3) is 0 Å². The summed E-state index contributed by atoms with van der Waals surface area (Å²) in [6, 6.07) is 6.11. The highest BCUT2D eigenvalue weighted by molar-refractivity contribution is 5.89. The van der Waals surface area contributed by atoms with Crippen molar-refractivity contribution in [2.45, 2.75) is 77.6 Å². The van der Waals surface area contributed by atoms with Gasteiger partial charge in [-0.25, -0.2) is 4.79 Å². The van der Waals surface area contributed by atoms with Crippen LogP contribution in [-0.4, -0.2) is 17.7 Å². The van der Waals surface area contributed by atoms with Gasteiger partial charge in [-0.2, -0.15) is 0 Å². The molecule has 3 nitrogen and oxygen atoms in total. The fraction of sp³-hybridized carbons (Fsp3) is 0.591. The minimum absolute atomic E-state index is 0.149. The SMILES string of the molecule is CCCCCCCCCCC/C=C/CCOC(=O)c1ccc(O)cc1. The normalized spacial score (nSPS) is 11.1. The molecule has 0 heterocycles. The number of aromatic hydroxyl groups is 1. The number of carbonyl (C=O) groups is 1. The number of ether oxygens (including phenoxy) is 1. The second-order valence-electron chi connectivity index (χ2n) is 6.56. The van der Waals surface area contributed by atoms with Gasteiger partial charge in [0.05, 0.1) is 12.2 Å². The van der Waals surface area contributed by atoms with Crippen LogP contribution in [0.2, 0.25) is 0 Å². The van der Waals surface area contributed by atoms with Crippen molar-refractivity contribution < 1.29 is 14.6 Å². The van der Waals surface area contributed by atoms with Crippen LogP contribution in [-0.2, 0) is 4.74 Å². The number of hydrogen-bond acceptors (Lipinski definition) is 3. The maximum atomic E-state index is 11.7. The van der Waals surface area contributed by atoms with Crippen molar-refractivity contribution in [3.63, 3.8) is 0 Å². The molecule has 0 saturated carbocycles. The second-order valence-corrected chi connectivity index (χ2v) is 6.56. The molecule has 0 spiro atoms. The zero-order valence-electron chi connectivity index (χ0n) is 15.7. The van der Waals surface area contributed by atoms with E-state index in [1.54, 1.807) is 12.1 Å². The molecule has 0 aliphatic rings. The predicted molar refractivity (Wildman–Crippen MR) is 104 cm³/mol. The van der Waals surface area contributed by atoms with Crippen LogP contribution in [0, 0.1) is 0 Å². The van der Waals surface area contributed by atoms with E-state index < -0.39 is 0 Å². The van der Waals surface area contributed by atoms with E-state index in [1.807, 2.05) is 0 Å². The Bertz CT molecular complexity index is 477. The Morgan fingerprint density at radius 3 is 2.08 bits per heavy atom. The number of allylic oxidation sites excluding steroid dienone is 1. The predicted octanol–water partition coefficient (Wildman–Crippen LogP) is 6.42. The number of rotatable bonds is 14. The molecule has 0 aliphatic carbocycles. The van der Waals surface area contributed by atoms with Crippen molar-refractivity contribution in [2.24, 2.45) is 0 Å². The molecule has 0 atom stereocenters. The van der Waals surface area contributed by atoms with Gasteiger partial charge in [-0.15, -0.1) is 0 Å². The minimum Gasteiger partial charge on any atom is -0.508 e. The van der Waals surface area contributed by atoms with Crippen LogP contribution in [0.3, 0.4) is 0 Å². The van der Waals surface area contributed by atoms with Crippen LogP contribution in [0.1, 0.15) is 87.9 Å². The zero-order valence-corrected chi connectivity index (χ0v) is 15.7. The van der Waals surface area contributed by atoms with Crippen LogP contribution in [0.4, 0.5) is 0 Å². The first-order chi connectivity index (χ1) is 12.2. The van der Waals surface area contributed by atoms with E-state index in [-0.39, 0.29) is 11.7 Å². The molecule has 1 aromatic carbocycles. The maximum absolute atomic E-state index is 11.7. The number of carbonyl (C=O) groups excluding carboxylic acids is 1. The van der Waals surface area contributed by atoms with Gasteiger partial charge in [0, 0.05) is 0 Å². The summed E-state index contributed by atoms with van der Waals surface area (Å²) < 4.78 is 5.20. The Kier molecular flexibility index (Phi) is 12.4. The first-order valence-electron chi connectivity index (χ1n) is 9.85. The van der Waals surface area contributed by atoms with E-state index in [2.05, 4.69) is 19.1 Å². The zero-order chi connectivity index (χ0) is 18.2. The average molecular weight is 347 g/mol. The monoisotopic (exact) mass is 346 g/mol. The van der Waals surface area contributed by atoms with Crippen molar-refractivity contribution in [2.75, 3.05) is 6.61 Å². The topological polar surface area (TPSA) is 46.5 Å². The Balaban J connectivity index is 1.91. The van der Waals surface area contributed by atoms with Gasteiger partial charge in [-0.05, 0) is 43.5 Å². The highest BCUT2D eigenvalue weighted by atomic mass is 16.5. The van der Waals surface area contributed by atoms with E-state index in [0.29, 0.717) is 12.2 Å². The summed E-state index contributed by atoms with van der Waals surface area (Å²) in [5.74, 6) is -0.191. The van der Waals surface area contributed by atoms with E-state index in [4.69, 9.17) is 4.74 Å². The molecule has 0 aliphatic heterocycles. The highest BCUT2D eigenvalue weighted by Gasteiger charge is 2.05. The summed E-state index contributed by atoms with van der Waals surface area (Å²) in [6.45, 7) is 2.65. The highest BCUT2D eigenvalue weighted by Crippen LogP contribution is 2.12. The minimum atomic E-state index is -0.340. The van der Waals surface area contributed by atoms with Gasteiger partial charge >= 0.3 is 5.97 Å². The van der Waals surface area contributed by atoms with Gasteiger partial charge in [0.1, 0.15) is 5.75 Å². The van der Waals surface area contributed by atoms with E-state index in [1.165, 1.54) is 69.9 Å². The molecule has 1 rings (SSSR count). The van der Waals surface area contributed by atoms with Gasteiger partial charge < -0.3 is 9.84 Å². The summed E-state index contributed by atoms with van der Waals surface area (Å²) in [5, 5.41) is 9.19. The molecule has 0 bridgehead atoms. The molecular formula is C22H34O3. The van der Waals surface area contributed by atoms with Gasteiger partial charge in [0.15, 0.2) is 0 Å². The van der Waals surface area contributed by atoms with Crippen molar-refractivity contribution in [3.05, 3.63) is 42.0 Å². The van der Waals surface area contributed by atoms with Crippen LogP contribution in [0.5, 0.6) is 5.75 Å². The first-order valence-corrected chi connectivity index (χ1v) is 9.85. The van der Waals surface area contributed by atoms with Crippen LogP contribution >= 0.6 is 0 Å². The number of benzene rings is 1. The summed E-state index contributed by atoms with van der Waals surface area (Å²) in [7, 11) is 0. The van der Waals surface area contributed by atoms with Gasteiger partial charge in [0.2, 0.25) is 0 Å². The first kappa shape index (κ1) is 21.3. The second kappa shape index (κ2) is 14.6. The summed E-state index contributed by atoms with van der Waals surface area (Å²) in [5.41, 5.74) is 0.469. The van der Waals surface area contributed by atoms with Crippen LogP contribution in [0.15, 0.2) is 36.4 Å². The third-order valence-corrected chi connectivity index (χ3v) is 4.26. The molecule has 3 heteroatoms. The molecular weight excluding hydrogens is 312 g/mol. The summed E-state index contributed by atoms with van der Waals surface area (Å²) in [6.07, 6.45) is 18.3. The smallest absolute Gasteiger partial charge is 0.338 e. The lowest BCUT2D eigenvalue weighted by atomic mass is 10.1. The lowest BCUT2D eigenvalue weighted by Crippen LogP contribution is -2.05. The third kappa shape index (κ3) is 11.4. The van der Waals surface area contributed by atoms with Gasteiger partial charge in [-0.1, -0.05) is 70.4 Å². The Hall–Kier alpha value is -1.77. The fourth-order valence-electron chi connectivity index (χ4n) is 2.71. The largest absolute Gasteiger partial charge is 0.508 e. The van der Waals surface area contributed by atoms with E-state index >= 15 is 0 Å². The summed E-state index contributed by atoms with van der Waals surface area (Å²) in [4.78, 5) is 11.7. The third-order valence-electron chi connectivity index (χ3n) is 4.26. The van der Waals surface area contributed by atoms with Crippen LogP contribution in [0.25, 0.3) is 0 Å². The standard InChI is InChI=1S/C22H34O3/c1-2-3-4-5-6-7-8-9-10-11-12-13-14-19-25-22(24)20-15-17-21(23)18-16-20/h12-13,15-18,23H,2-11,14,19H2,1H3/b13-12+. The number of phenols is 1. The fourth-order valence-corrected chi connectivity index (χ4v) is 2.71.